The lowest BCUT2D eigenvalue weighted by molar-refractivity contribution is 0.394. The smallest absolute Gasteiger partial charge is 0.218 e. The van der Waals surface area contributed by atoms with Crippen molar-refractivity contribution in [3.05, 3.63) is 46.7 Å². The van der Waals surface area contributed by atoms with Crippen LogP contribution in [0.4, 0.5) is 5.82 Å². The molecule has 0 aliphatic heterocycles. The Morgan fingerprint density at radius 2 is 1.90 bits per heavy atom. The molecule has 0 atom stereocenters. The summed E-state index contributed by atoms with van der Waals surface area (Å²) in [6, 6.07) is 9.51. The van der Waals surface area contributed by atoms with Crippen molar-refractivity contribution in [1.29, 1.82) is 0 Å². The molecule has 5 heteroatoms. The highest BCUT2D eigenvalue weighted by atomic mass is 35.5. The van der Waals surface area contributed by atoms with E-state index in [0.717, 1.165) is 22.2 Å². The monoisotopic (exact) mass is 291 g/mol. The van der Waals surface area contributed by atoms with E-state index in [9.17, 15) is 0 Å². The topological polar surface area (TPSA) is 47.0 Å². The molecule has 0 amide bonds. The summed E-state index contributed by atoms with van der Waals surface area (Å²) >= 11 is 5.87. The number of halogens is 1. The van der Waals surface area contributed by atoms with E-state index in [0.29, 0.717) is 12.4 Å². The van der Waals surface area contributed by atoms with Gasteiger partial charge in [-0.2, -0.15) is 4.98 Å². The summed E-state index contributed by atoms with van der Waals surface area (Å²) in [6.45, 7) is 4.78. The Balaban J connectivity index is 2.12. The lowest BCUT2D eigenvalue weighted by Crippen LogP contribution is -2.06. The zero-order valence-electron chi connectivity index (χ0n) is 11.9. The van der Waals surface area contributed by atoms with Crippen LogP contribution in [-0.4, -0.2) is 17.1 Å². The average Bonchev–Trinajstić information content (AvgIpc) is 2.46. The van der Waals surface area contributed by atoms with Crippen molar-refractivity contribution in [2.45, 2.75) is 26.3 Å². The highest BCUT2D eigenvalue weighted by Gasteiger charge is 2.08. The Labute approximate surface area is 124 Å². The second kappa shape index (κ2) is 6.57. The molecule has 2 aromatic rings. The molecular formula is C15H18ClN3O. The van der Waals surface area contributed by atoms with Crippen LogP contribution in [0.5, 0.6) is 5.88 Å². The van der Waals surface area contributed by atoms with E-state index in [1.54, 1.807) is 13.2 Å². The zero-order chi connectivity index (χ0) is 14.5. The van der Waals surface area contributed by atoms with Crippen molar-refractivity contribution in [3.8, 4) is 5.88 Å². The van der Waals surface area contributed by atoms with E-state index >= 15 is 0 Å². The maximum atomic E-state index is 5.87. The predicted molar refractivity (Wildman–Crippen MR) is 81.5 cm³/mol. The van der Waals surface area contributed by atoms with Crippen molar-refractivity contribution >= 4 is 17.4 Å². The SMILES string of the molecule is COc1cc(NCc2ccc(Cl)cc2)nc(C(C)C)n1. The molecule has 0 aliphatic rings. The second-order valence-corrected chi connectivity index (χ2v) is 5.22. The third kappa shape index (κ3) is 3.84. The van der Waals surface area contributed by atoms with Gasteiger partial charge in [-0.15, -0.1) is 0 Å². The van der Waals surface area contributed by atoms with E-state index in [4.69, 9.17) is 16.3 Å². The Kier molecular flexibility index (Phi) is 4.79. The summed E-state index contributed by atoms with van der Waals surface area (Å²) in [5, 5.41) is 4.01. The van der Waals surface area contributed by atoms with Crippen LogP contribution in [0.2, 0.25) is 5.02 Å². The van der Waals surface area contributed by atoms with E-state index in [2.05, 4.69) is 29.1 Å². The third-order valence-corrected chi connectivity index (χ3v) is 3.08. The van der Waals surface area contributed by atoms with E-state index in [-0.39, 0.29) is 5.92 Å². The number of benzene rings is 1. The van der Waals surface area contributed by atoms with Gasteiger partial charge in [0.25, 0.3) is 0 Å². The average molecular weight is 292 g/mol. The van der Waals surface area contributed by atoms with Crippen molar-refractivity contribution in [2.24, 2.45) is 0 Å². The number of anilines is 1. The summed E-state index contributed by atoms with van der Waals surface area (Å²) < 4.78 is 5.20. The fourth-order valence-corrected chi connectivity index (χ4v) is 1.82. The molecule has 106 valence electrons. The number of hydrogen-bond acceptors (Lipinski definition) is 4. The first-order chi connectivity index (χ1) is 9.58. The van der Waals surface area contributed by atoms with Crippen molar-refractivity contribution < 1.29 is 4.74 Å². The largest absolute Gasteiger partial charge is 0.481 e. The van der Waals surface area contributed by atoms with Crippen molar-refractivity contribution in [1.82, 2.24) is 9.97 Å². The minimum atomic E-state index is 0.251. The van der Waals surface area contributed by atoms with Gasteiger partial charge in [0.15, 0.2) is 0 Å². The van der Waals surface area contributed by atoms with Gasteiger partial charge in [0, 0.05) is 23.6 Å². The fraction of sp³-hybridized carbons (Fsp3) is 0.333. The summed E-state index contributed by atoms with van der Waals surface area (Å²) in [4.78, 5) is 8.81. The van der Waals surface area contributed by atoms with Crippen LogP contribution in [0.3, 0.4) is 0 Å². The molecule has 0 saturated carbocycles. The number of aromatic nitrogens is 2. The molecule has 0 spiro atoms. The van der Waals surface area contributed by atoms with Crippen LogP contribution in [0.25, 0.3) is 0 Å². The van der Waals surface area contributed by atoms with Crippen LogP contribution in [0.1, 0.15) is 31.2 Å². The Hall–Kier alpha value is -1.81. The summed E-state index contributed by atoms with van der Waals surface area (Å²) in [6.07, 6.45) is 0. The quantitative estimate of drug-likeness (QED) is 0.908. The number of nitrogens with zero attached hydrogens (tertiary/aromatic N) is 2. The predicted octanol–water partition coefficient (Wildman–Crippen LogP) is 3.87. The van der Waals surface area contributed by atoms with Gasteiger partial charge in [-0.1, -0.05) is 37.6 Å². The number of rotatable bonds is 5. The molecule has 1 aromatic carbocycles. The molecule has 0 fully saturated rings. The van der Waals surface area contributed by atoms with Crippen molar-refractivity contribution in [2.75, 3.05) is 12.4 Å². The Morgan fingerprint density at radius 3 is 2.50 bits per heavy atom. The minimum Gasteiger partial charge on any atom is -0.481 e. The van der Waals surface area contributed by atoms with Crippen molar-refractivity contribution in [3.63, 3.8) is 0 Å². The van der Waals surface area contributed by atoms with Gasteiger partial charge in [-0.05, 0) is 17.7 Å². The highest BCUT2D eigenvalue weighted by Crippen LogP contribution is 2.19. The van der Waals surface area contributed by atoms with Gasteiger partial charge in [-0.25, -0.2) is 4.98 Å². The molecule has 0 unspecified atom stereocenters. The van der Waals surface area contributed by atoms with E-state index < -0.39 is 0 Å². The maximum absolute atomic E-state index is 5.87. The molecule has 4 nitrogen and oxygen atoms in total. The first-order valence-corrected chi connectivity index (χ1v) is 6.87. The first kappa shape index (κ1) is 14.6. The van der Waals surface area contributed by atoms with Crippen LogP contribution in [-0.2, 0) is 6.54 Å². The maximum Gasteiger partial charge on any atom is 0.218 e. The van der Waals surface area contributed by atoms with Gasteiger partial charge in [0.1, 0.15) is 11.6 Å². The molecule has 1 aromatic heterocycles. The molecule has 1 heterocycles. The number of methoxy groups -OCH3 is 1. The van der Waals surface area contributed by atoms with Gasteiger partial charge in [-0.3, -0.25) is 0 Å². The summed E-state index contributed by atoms with van der Waals surface area (Å²) in [7, 11) is 1.61. The van der Waals surface area contributed by atoms with Crippen LogP contribution < -0.4 is 10.1 Å². The van der Waals surface area contributed by atoms with Gasteiger partial charge in [0.2, 0.25) is 5.88 Å². The van der Waals surface area contributed by atoms with E-state index in [1.165, 1.54) is 0 Å². The van der Waals surface area contributed by atoms with Gasteiger partial charge >= 0.3 is 0 Å². The standard InChI is InChI=1S/C15H18ClN3O/c1-10(2)15-18-13(8-14(19-15)20-3)17-9-11-4-6-12(16)7-5-11/h4-8,10H,9H2,1-3H3,(H,17,18,19). The molecule has 1 N–H and O–H groups in total. The summed E-state index contributed by atoms with van der Waals surface area (Å²) in [5.41, 5.74) is 1.14. The molecule has 0 radical (unpaired) electrons. The fourth-order valence-electron chi connectivity index (χ4n) is 1.69. The summed E-state index contributed by atoms with van der Waals surface area (Å²) in [5.74, 6) is 2.35. The number of hydrogen-bond donors (Lipinski definition) is 1. The molecular weight excluding hydrogens is 274 g/mol. The number of ether oxygens (including phenoxy) is 1. The molecule has 0 aliphatic carbocycles. The van der Waals surface area contributed by atoms with Crippen LogP contribution in [0, 0.1) is 0 Å². The Morgan fingerprint density at radius 1 is 1.20 bits per heavy atom. The molecule has 0 bridgehead atoms. The number of nitrogens with one attached hydrogen (secondary N) is 1. The highest BCUT2D eigenvalue weighted by molar-refractivity contribution is 6.30. The van der Waals surface area contributed by atoms with Crippen LogP contribution in [0.15, 0.2) is 30.3 Å². The first-order valence-electron chi connectivity index (χ1n) is 6.49. The molecule has 0 saturated heterocycles. The van der Waals surface area contributed by atoms with Gasteiger partial charge in [0.05, 0.1) is 7.11 Å². The van der Waals surface area contributed by atoms with Gasteiger partial charge < -0.3 is 10.1 Å². The third-order valence-electron chi connectivity index (χ3n) is 2.83. The molecule has 2 rings (SSSR count). The van der Waals surface area contributed by atoms with E-state index in [1.807, 2.05) is 24.3 Å². The van der Waals surface area contributed by atoms with Crippen LogP contribution >= 0.6 is 11.6 Å². The normalized spacial score (nSPS) is 10.7. The second-order valence-electron chi connectivity index (χ2n) is 4.79. The lowest BCUT2D eigenvalue weighted by Gasteiger charge is -2.11. The lowest BCUT2D eigenvalue weighted by atomic mass is 10.2. The Bertz CT molecular complexity index is 570. The minimum absolute atomic E-state index is 0.251. The zero-order valence-corrected chi connectivity index (χ0v) is 12.6. The molecule has 20 heavy (non-hydrogen) atoms.